The van der Waals surface area contributed by atoms with Gasteiger partial charge >= 0.3 is 0 Å². The molecular formula is C12H14N2O. The van der Waals surface area contributed by atoms with Crippen molar-refractivity contribution in [1.82, 2.24) is 5.32 Å². The topological polar surface area (TPSA) is 52.9 Å². The first kappa shape index (κ1) is 11.3. The molecule has 0 saturated carbocycles. The largest absolute Gasteiger partial charge is 0.334 e. The third-order valence-corrected chi connectivity index (χ3v) is 2.38. The zero-order chi connectivity index (χ0) is 11.3. The van der Waals surface area contributed by atoms with Crippen molar-refractivity contribution in [1.29, 1.82) is 5.26 Å². The van der Waals surface area contributed by atoms with Crippen molar-refractivity contribution in [2.24, 2.45) is 0 Å². The maximum atomic E-state index is 11.1. The molecule has 0 aromatic heterocycles. The number of nitrogens with zero attached hydrogens (tertiary/aromatic N) is 1. The third kappa shape index (κ3) is 2.35. The molecule has 0 bridgehead atoms. The highest BCUT2D eigenvalue weighted by molar-refractivity contribution is 5.74. The number of benzene rings is 1. The van der Waals surface area contributed by atoms with Gasteiger partial charge in [0.2, 0.25) is 5.91 Å². The van der Waals surface area contributed by atoms with E-state index in [-0.39, 0.29) is 5.91 Å². The molecule has 0 saturated heterocycles. The molecule has 0 radical (unpaired) electrons. The first-order chi connectivity index (χ1) is 7.14. The summed E-state index contributed by atoms with van der Waals surface area (Å²) in [4.78, 5) is 11.1. The Balaban J connectivity index is 3.13. The van der Waals surface area contributed by atoms with Gasteiger partial charge < -0.3 is 5.32 Å². The highest BCUT2D eigenvalue weighted by atomic mass is 16.1. The number of hydrogen-bond donors (Lipinski definition) is 1. The highest BCUT2D eigenvalue weighted by Gasteiger charge is 2.30. The Morgan fingerprint density at radius 1 is 1.47 bits per heavy atom. The van der Waals surface area contributed by atoms with E-state index in [4.69, 9.17) is 0 Å². The van der Waals surface area contributed by atoms with Crippen LogP contribution in [0.5, 0.6) is 0 Å². The van der Waals surface area contributed by atoms with E-state index in [0.29, 0.717) is 6.42 Å². The molecule has 78 valence electrons. The van der Waals surface area contributed by atoms with E-state index in [1.54, 1.807) is 0 Å². The van der Waals surface area contributed by atoms with Crippen LogP contribution in [0.4, 0.5) is 0 Å². The van der Waals surface area contributed by atoms with Gasteiger partial charge in [-0.25, -0.2) is 0 Å². The minimum Gasteiger partial charge on any atom is -0.334 e. The summed E-state index contributed by atoms with van der Waals surface area (Å²) in [7, 11) is 0. The monoisotopic (exact) mass is 202 g/mol. The second-order valence-electron chi connectivity index (χ2n) is 3.42. The predicted octanol–water partition coefficient (Wildman–Crippen LogP) is 1.95. The Kier molecular flexibility index (Phi) is 3.46. The second kappa shape index (κ2) is 4.61. The highest BCUT2D eigenvalue weighted by Crippen LogP contribution is 2.23. The summed E-state index contributed by atoms with van der Waals surface area (Å²) in [6.07, 6.45) is 0.549. The van der Waals surface area contributed by atoms with Crippen molar-refractivity contribution in [3.63, 3.8) is 0 Å². The first-order valence-electron chi connectivity index (χ1n) is 4.90. The molecule has 15 heavy (non-hydrogen) atoms. The van der Waals surface area contributed by atoms with Gasteiger partial charge in [0.05, 0.1) is 6.07 Å². The molecule has 0 aliphatic carbocycles. The molecule has 1 atom stereocenters. The van der Waals surface area contributed by atoms with Crippen LogP contribution < -0.4 is 5.32 Å². The van der Waals surface area contributed by atoms with Gasteiger partial charge in [0, 0.05) is 6.92 Å². The maximum Gasteiger partial charge on any atom is 0.218 e. The molecule has 1 aromatic carbocycles. The summed E-state index contributed by atoms with van der Waals surface area (Å²) in [6, 6.07) is 11.5. The number of rotatable bonds is 3. The van der Waals surface area contributed by atoms with E-state index in [9.17, 15) is 10.1 Å². The lowest BCUT2D eigenvalue weighted by molar-refractivity contribution is -0.120. The van der Waals surface area contributed by atoms with Gasteiger partial charge in [0.1, 0.15) is 0 Å². The molecule has 3 nitrogen and oxygen atoms in total. The second-order valence-corrected chi connectivity index (χ2v) is 3.42. The molecule has 1 rings (SSSR count). The number of nitrogens with one attached hydrogen (secondary N) is 1. The Hall–Kier alpha value is -1.82. The van der Waals surface area contributed by atoms with Crippen LogP contribution in [-0.4, -0.2) is 5.91 Å². The fourth-order valence-electron chi connectivity index (χ4n) is 1.56. The van der Waals surface area contributed by atoms with Crippen LogP contribution in [0, 0.1) is 11.3 Å². The van der Waals surface area contributed by atoms with E-state index in [2.05, 4.69) is 11.4 Å². The predicted molar refractivity (Wildman–Crippen MR) is 57.8 cm³/mol. The quantitative estimate of drug-likeness (QED) is 0.814. The van der Waals surface area contributed by atoms with Gasteiger partial charge in [0.15, 0.2) is 5.54 Å². The Morgan fingerprint density at radius 2 is 2.07 bits per heavy atom. The normalized spacial score (nSPS) is 13.7. The van der Waals surface area contributed by atoms with Gasteiger partial charge in [-0.15, -0.1) is 0 Å². The lowest BCUT2D eigenvalue weighted by Gasteiger charge is -2.26. The van der Waals surface area contributed by atoms with E-state index in [0.717, 1.165) is 5.56 Å². The summed E-state index contributed by atoms with van der Waals surface area (Å²) in [5, 5.41) is 11.9. The van der Waals surface area contributed by atoms with Crippen LogP contribution in [0.15, 0.2) is 30.3 Å². The maximum absolute atomic E-state index is 11.1. The first-order valence-corrected chi connectivity index (χ1v) is 4.90. The fourth-order valence-corrected chi connectivity index (χ4v) is 1.56. The number of carbonyl (C=O) groups is 1. The van der Waals surface area contributed by atoms with E-state index >= 15 is 0 Å². The molecule has 1 N–H and O–H groups in total. The number of amides is 1. The average Bonchev–Trinajstić information content (AvgIpc) is 2.27. The molecule has 0 unspecified atom stereocenters. The summed E-state index contributed by atoms with van der Waals surface area (Å²) in [6.45, 7) is 3.30. The Labute approximate surface area is 89.7 Å². The lowest BCUT2D eigenvalue weighted by atomic mass is 9.88. The van der Waals surface area contributed by atoms with Gasteiger partial charge in [-0.3, -0.25) is 4.79 Å². The van der Waals surface area contributed by atoms with Gasteiger partial charge in [-0.05, 0) is 12.0 Å². The molecule has 1 aromatic rings. The molecule has 3 heteroatoms. The summed E-state index contributed by atoms with van der Waals surface area (Å²) in [5.41, 5.74) is -0.0715. The number of hydrogen-bond acceptors (Lipinski definition) is 2. The van der Waals surface area contributed by atoms with Crippen LogP contribution in [0.2, 0.25) is 0 Å². The molecule has 0 spiro atoms. The number of carbonyl (C=O) groups excluding carboxylic acids is 1. The molecule has 0 aliphatic rings. The zero-order valence-electron chi connectivity index (χ0n) is 8.95. The van der Waals surface area contributed by atoms with E-state index in [1.165, 1.54) is 6.92 Å². The smallest absolute Gasteiger partial charge is 0.218 e. The van der Waals surface area contributed by atoms with Crippen LogP contribution in [-0.2, 0) is 10.3 Å². The third-order valence-electron chi connectivity index (χ3n) is 2.38. The Morgan fingerprint density at radius 3 is 2.47 bits per heavy atom. The molecule has 0 fully saturated rings. The van der Waals surface area contributed by atoms with Crippen molar-refractivity contribution in [2.75, 3.05) is 0 Å². The Bertz CT molecular complexity index is 380. The van der Waals surface area contributed by atoms with E-state index < -0.39 is 5.54 Å². The number of nitriles is 1. The minimum absolute atomic E-state index is 0.192. The summed E-state index contributed by atoms with van der Waals surface area (Å²) >= 11 is 0. The van der Waals surface area contributed by atoms with Crippen molar-refractivity contribution in [3.05, 3.63) is 35.9 Å². The van der Waals surface area contributed by atoms with Gasteiger partial charge in [0.25, 0.3) is 0 Å². The SMILES string of the molecule is CC[C@@](C#N)(NC(C)=O)c1ccccc1. The van der Waals surface area contributed by atoms with Crippen LogP contribution >= 0.6 is 0 Å². The summed E-state index contributed by atoms with van der Waals surface area (Å²) < 4.78 is 0. The van der Waals surface area contributed by atoms with Crippen molar-refractivity contribution >= 4 is 5.91 Å². The van der Waals surface area contributed by atoms with Crippen molar-refractivity contribution < 1.29 is 4.79 Å². The van der Waals surface area contributed by atoms with Crippen LogP contribution in [0.25, 0.3) is 0 Å². The zero-order valence-corrected chi connectivity index (χ0v) is 8.95. The summed E-state index contributed by atoms with van der Waals surface area (Å²) in [5.74, 6) is -0.192. The minimum atomic E-state index is -0.896. The standard InChI is InChI=1S/C12H14N2O/c1-3-12(9-13,14-10(2)15)11-7-5-4-6-8-11/h4-8H,3H2,1-2H3,(H,14,15)/t12-/m0/s1. The molecule has 0 heterocycles. The lowest BCUT2D eigenvalue weighted by Crippen LogP contribution is -2.43. The fraction of sp³-hybridized carbons (Fsp3) is 0.333. The van der Waals surface area contributed by atoms with Crippen molar-refractivity contribution in [2.45, 2.75) is 25.8 Å². The van der Waals surface area contributed by atoms with Crippen LogP contribution in [0.3, 0.4) is 0 Å². The molecular weight excluding hydrogens is 188 g/mol. The van der Waals surface area contributed by atoms with E-state index in [1.807, 2.05) is 37.3 Å². The molecule has 0 aliphatic heterocycles. The van der Waals surface area contributed by atoms with Crippen molar-refractivity contribution in [3.8, 4) is 6.07 Å². The van der Waals surface area contributed by atoms with Gasteiger partial charge in [-0.1, -0.05) is 37.3 Å². The van der Waals surface area contributed by atoms with Gasteiger partial charge in [-0.2, -0.15) is 5.26 Å². The van der Waals surface area contributed by atoms with Crippen LogP contribution in [0.1, 0.15) is 25.8 Å². The average molecular weight is 202 g/mol. The molecule has 1 amide bonds.